The van der Waals surface area contributed by atoms with E-state index in [1.165, 1.54) is 0 Å². The van der Waals surface area contributed by atoms with Gasteiger partial charge in [0.15, 0.2) is 0 Å². The van der Waals surface area contributed by atoms with Crippen LogP contribution in [0.4, 0.5) is 0 Å². The second kappa shape index (κ2) is 6.89. The Kier molecular flexibility index (Phi) is 6.44. The van der Waals surface area contributed by atoms with Crippen molar-refractivity contribution in [3.05, 3.63) is 12.7 Å². The molecule has 1 unspecified atom stereocenters. The van der Waals surface area contributed by atoms with Crippen molar-refractivity contribution in [3.8, 4) is 0 Å². The van der Waals surface area contributed by atoms with E-state index in [-0.39, 0.29) is 11.9 Å². The van der Waals surface area contributed by atoms with Gasteiger partial charge in [0.1, 0.15) is 0 Å². The van der Waals surface area contributed by atoms with Gasteiger partial charge in [0.05, 0.1) is 12.5 Å². The van der Waals surface area contributed by atoms with Crippen molar-refractivity contribution in [1.82, 2.24) is 0 Å². The van der Waals surface area contributed by atoms with Crippen LogP contribution in [-0.4, -0.2) is 12.6 Å². The van der Waals surface area contributed by atoms with Gasteiger partial charge in [-0.3, -0.25) is 4.79 Å². The second-order valence-corrected chi connectivity index (χ2v) is 2.74. The maximum Gasteiger partial charge on any atom is 0.312 e. The summed E-state index contributed by atoms with van der Waals surface area (Å²) >= 11 is 0. The van der Waals surface area contributed by atoms with Crippen molar-refractivity contribution >= 4 is 5.97 Å². The van der Waals surface area contributed by atoms with Gasteiger partial charge in [-0.05, 0) is 13.3 Å². The molecule has 0 heterocycles. The van der Waals surface area contributed by atoms with Crippen molar-refractivity contribution in [1.29, 1.82) is 0 Å². The molecule has 0 aliphatic heterocycles. The van der Waals surface area contributed by atoms with Crippen molar-refractivity contribution in [2.24, 2.45) is 5.92 Å². The number of carbonyl (C=O) groups is 1. The molecule has 0 aromatic heterocycles. The first-order valence-electron chi connectivity index (χ1n) is 4.55. The highest BCUT2D eigenvalue weighted by molar-refractivity contribution is 5.74. The zero-order chi connectivity index (χ0) is 9.40. The fourth-order valence-corrected chi connectivity index (χ4v) is 1.01. The van der Waals surface area contributed by atoms with Crippen LogP contribution in [0.25, 0.3) is 0 Å². The summed E-state index contributed by atoms with van der Waals surface area (Å²) in [7, 11) is 0. The zero-order valence-corrected chi connectivity index (χ0v) is 8.01. The number of esters is 1. The van der Waals surface area contributed by atoms with E-state index in [0.717, 1.165) is 19.3 Å². The van der Waals surface area contributed by atoms with Crippen molar-refractivity contribution in [2.45, 2.75) is 33.1 Å². The molecule has 0 rings (SSSR count). The molecule has 12 heavy (non-hydrogen) atoms. The minimum atomic E-state index is -0.138. The standard InChI is InChI=1S/C10H18O2/c1-4-7-8-9(5-2)10(11)12-6-3/h5,9H,2,4,6-8H2,1,3H3. The van der Waals surface area contributed by atoms with E-state index in [9.17, 15) is 4.79 Å². The van der Waals surface area contributed by atoms with E-state index in [0.29, 0.717) is 6.61 Å². The van der Waals surface area contributed by atoms with Gasteiger partial charge in [0, 0.05) is 0 Å². The molecule has 0 bridgehead atoms. The van der Waals surface area contributed by atoms with Crippen LogP contribution in [0.3, 0.4) is 0 Å². The number of ether oxygens (including phenoxy) is 1. The molecule has 0 radical (unpaired) electrons. The highest BCUT2D eigenvalue weighted by Crippen LogP contribution is 2.11. The van der Waals surface area contributed by atoms with E-state index in [1.54, 1.807) is 6.08 Å². The SMILES string of the molecule is C=CC(CCCC)C(=O)OCC. The fraction of sp³-hybridized carbons (Fsp3) is 0.700. The third-order valence-corrected chi connectivity index (χ3v) is 1.74. The Morgan fingerprint density at radius 3 is 2.67 bits per heavy atom. The van der Waals surface area contributed by atoms with Crippen LogP contribution in [0.15, 0.2) is 12.7 Å². The Morgan fingerprint density at radius 1 is 1.58 bits per heavy atom. The smallest absolute Gasteiger partial charge is 0.312 e. The van der Waals surface area contributed by atoms with Gasteiger partial charge < -0.3 is 4.74 Å². The average molecular weight is 170 g/mol. The molecule has 2 heteroatoms. The molecule has 0 aromatic carbocycles. The lowest BCUT2D eigenvalue weighted by atomic mass is 10.0. The Hall–Kier alpha value is -0.790. The Labute approximate surface area is 74.6 Å². The van der Waals surface area contributed by atoms with E-state index < -0.39 is 0 Å². The summed E-state index contributed by atoms with van der Waals surface area (Å²) < 4.78 is 4.88. The van der Waals surface area contributed by atoms with Crippen molar-refractivity contribution in [2.75, 3.05) is 6.61 Å². The summed E-state index contributed by atoms with van der Waals surface area (Å²) in [5.74, 6) is -0.245. The van der Waals surface area contributed by atoms with Crippen LogP contribution in [-0.2, 0) is 9.53 Å². The molecular formula is C10H18O2. The van der Waals surface area contributed by atoms with Crippen LogP contribution in [0.1, 0.15) is 33.1 Å². The first-order valence-corrected chi connectivity index (χ1v) is 4.55. The molecule has 0 amide bonds. The van der Waals surface area contributed by atoms with Gasteiger partial charge in [0.25, 0.3) is 0 Å². The molecule has 1 atom stereocenters. The quantitative estimate of drug-likeness (QED) is 0.452. The molecule has 0 aromatic rings. The van der Waals surface area contributed by atoms with E-state index in [4.69, 9.17) is 4.74 Å². The fourth-order valence-electron chi connectivity index (χ4n) is 1.01. The maximum atomic E-state index is 11.2. The van der Waals surface area contributed by atoms with Gasteiger partial charge in [-0.15, -0.1) is 6.58 Å². The summed E-state index contributed by atoms with van der Waals surface area (Å²) in [5.41, 5.74) is 0. The van der Waals surface area contributed by atoms with Gasteiger partial charge in [-0.25, -0.2) is 0 Å². The molecule has 0 spiro atoms. The molecular weight excluding hydrogens is 152 g/mol. The second-order valence-electron chi connectivity index (χ2n) is 2.74. The lowest BCUT2D eigenvalue weighted by Gasteiger charge is -2.09. The van der Waals surface area contributed by atoms with E-state index in [2.05, 4.69) is 13.5 Å². The summed E-state index contributed by atoms with van der Waals surface area (Å²) in [4.78, 5) is 11.2. The monoisotopic (exact) mass is 170 g/mol. The van der Waals surface area contributed by atoms with Gasteiger partial charge in [-0.1, -0.05) is 25.8 Å². The lowest BCUT2D eigenvalue weighted by molar-refractivity contribution is -0.146. The van der Waals surface area contributed by atoms with Gasteiger partial charge >= 0.3 is 5.97 Å². The third-order valence-electron chi connectivity index (χ3n) is 1.74. The number of unbranched alkanes of at least 4 members (excludes halogenated alkanes) is 1. The molecule has 70 valence electrons. The van der Waals surface area contributed by atoms with E-state index >= 15 is 0 Å². The lowest BCUT2D eigenvalue weighted by Crippen LogP contribution is -2.15. The van der Waals surface area contributed by atoms with Crippen LogP contribution < -0.4 is 0 Å². The number of carbonyl (C=O) groups excluding carboxylic acids is 1. The normalized spacial score (nSPS) is 12.2. The molecule has 0 aliphatic carbocycles. The van der Waals surface area contributed by atoms with Crippen LogP contribution >= 0.6 is 0 Å². The molecule has 0 saturated carbocycles. The number of rotatable bonds is 6. The molecule has 2 nitrogen and oxygen atoms in total. The summed E-state index contributed by atoms with van der Waals surface area (Å²) in [6, 6.07) is 0. The van der Waals surface area contributed by atoms with Gasteiger partial charge in [-0.2, -0.15) is 0 Å². The topological polar surface area (TPSA) is 26.3 Å². The zero-order valence-electron chi connectivity index (χ0n) is 8.01. The van der Waals surface area contributed by atoms with Crippen molar-refractivity contribution < 1.29 is 9.53 Å². The summed E-state index contributed by atoms with van der Waals surface area (Å²) in [6.45, 7) is 7.99. The highest BCUT2D eigenvalue weighted by Gasteiger charge is 2.14. The van der Waals surface area contributed by atoms with Crippen molar-refractivity contribution in [3.63, 3.8) is 0 Å². The molecule has 0 fully saturated rings. The molecule has 0 N–H and O–H groups in total. The number of hydrogen-bond donors (Lipinski definition) is 0. The third kappa shape index (κ3) is 4.16. The average Bonchev–Trinajstić information content (AvgIpc) is 2.06. The Bertz CT molecular complexity index is 141. The summed E-state index contributed by atoms with van der Waals surface area (Å²) in [6.07, 6.45) is 4.69. The minimum absolute atomic E-state index is 0.107. The largest absolute Gasteiger partial charge is 0.466 e. The minimum Gasteiger partial charge on any atom is -0.466 e. The van der Waals surface area contributed by atoms with Crippen LogP contribution in [0.2, 0.25) is 0 Å². The molecule has 0 aliphatic rings. The summed E-state index contributed by atoms with van der Waals surface area (Å²) in [5, 5.41) is 0. The highest BCUT2D eigenvalue weighted by atomic mass is 16.5. The van der Waals surface area contributed by atoms with Crippen LogP contribution in [0.5, 0.6) is 0 Å². The number of hydrogen-bond acceptors (Lipinski definition) is 2. The predicted octanol–water partition coefficient (Wildman–Crippen LogP) is 2.54. The van der Waals surface area contributed by atoms with E-state index in [1.807, 2.05) is 6.92 Å². The Morgan fingerprint density at radius 2 is 2.25 bits per heavy atom. The molecule has 0 saturated heterocycles. The first kappa shape index (κ1) is 11.2. The first-order chi connectivity index (χ1) is 5.76. The predicted molar refractivity (Wildman–Crippen MR) is 49.8 cm³/mol. The van der Waals surface area contributed by atoms with Gasteiger partial charge in [0.2, 0.25) is 0 Å². The Balaban J connectivity index is 3.79. The maximum absolute atomic E-state index is 11.2. The van der Waals surface area contributed by atoms with Crippen LogP contribution in [0, 0.1) is 5.92 Å².